The molecule has 0 fully saturated rings. The largest absolute Gasteiger partial charge is 0.407 e. The van der Waals surface area contributed by atoms with Gasteiger partial charge in [-0.15, -0.1) is 0 Å². The number of nitrogens with two attached hydrogens (primary N) is 1. The van der Waals surface area contributed by atoms with Gasteiger partial charge in [0.05, 0.1) is 0 Å². The van der Waals surface area contributed by atoms with Crippen LogP contribution in [-0.2, 0) is 0 Å². The standard InChI is InChI=1S/C8H7BrF3N/c9-6-3-1-5(2-4-6)7(13)8(10,11)12/h1-4,7H,13H2. The molecule has 0 aliphatic carbocycles. The lowest BCUT2D eigenvalue weighted by Gasteiger charge is -2.15. The van der Waals surface area contributed by atoms with Gasteiger partial charge >= 0.3 is 6.18 Å². The van der Waals surface area contributed by atoms with Gasteiger partial charge in [0.15, 0.2) is 0 Å². The Morgan fingerprint density at radius 3 is 2.00 bits per heavy atom. The van der Waals surface area contributed by atoms with Crippen LogP contribution in [0.3, 0.4) is 0 Å². The predicted octanol–water partition coefficient (Wildman–Crippen LogP) is 3.01. The van der Waals surface area contributed by atoms with Crippen LogP contribution in [0.1, 0.15) is 11.6 Å². The summed E-state index contributed by atoms with van der Waals surface area (Å²) in [7, 11) is 0. The highest BCUT2D eigenvalue weighted by atomic mass is 79.9. The Bertz CT molecular complexity index is 280. The maximum Gasteiger partial charge on any atom is 0.407 e. The molecule has 1 unspecified atom stereocenters. The van der Waals surface area contributed by atoms with Crippen molar-refractivity contribution in [3.05, 3.63) is 34.3 Å². The topological polar surface area (TPSA) is 26.0 Å². The van der Waals surface area contributed by atoms with Crippen LogP contribution in [0.2, 0.25) is 0 Å². The van der Waals surface area contributed by atoms with Crippen molar-refractivity contribution in [1.82, 2.24) is 0 Å². The molecule has 0 saturated carbocycles. The summed E-state index contributed by atoms with van der Waals surface area (Å²) in [6.07, 6.45) is -4.38. The Hall–Kier alpha value is -0.550. The van der Waals surface area contributed by atoms with Crippen LogP contribution in [0.5, 0.6) is 0 Å². The van der Waals surface area contributed by atoms with E-state index in [1.54, 1.807) is 0 Å². The Kier molecular flexibility index (Phi) is 2.98. The second kappa shape index (κ2) is 3.67. The minimum Gasteiger partial charge on any atom is -0.316 e. The molecule has 2 N–H and O–H groups in total. The number of alkyl halides is 3. The maximum absolute atomic E-state index is 12.1. The molecule has 0 saturated heterocycles. The molecule has 0 aliphatic rings. The van der Waals surface area contributed by atoms with Gasteiger partial charge in [0.25, 0.3) is 0 Å². The van der Waals surface area contributed by atoms with E-state index in [2.05, 4.69) is 15.9 Å². The van der Waals surface area contributed by atoms with Crippen molar-refractivity contribution in [2.24, 2.45) is 5.73 Å². The predicted molar refractivity (Wildman–Crippen MR) is 47.1 cm³/mol. The molecule has 0 aromatic heterocycles. The summed E-state index contributed by atoms with van der Waals surface area (Å²) in [6.45, 7) is 0. The molecule has 1 aromatic carbocycles. The van der Waals surface area contributed by atoms with Gasteiger partial charge in [0, 0.05) is 4.47 Å². The van der Waals surface area contributed by atoms with E-state index < -0.39 is 12.2 Å². The highest BCUT2D eigenvalue weighted by Crippen LogP contribution is 2.30. The Balaban J connectivity index is 2.90. The normalized spacial score (nSPS) is 14.2. The van der Waals surface area contributed by atoms with Crippen LogP contribution in [0.25, 0.3) is 0 Å². The number of hydrogen-bond acceptors (Lipinski definition) is 1. The number of hydrogen-bond donors (Lipinski definition) is 1. The third kappa shape index (κ3) is 2.70. The molecule has 0 aliphatic heterocycles. The highest BCUT2D eigenvalue weighted by molar-refractivity contribution is 9.10. The van der Waals surface area contributed by atoms with E-state index in [-0.39, 0.29) is 5.56 Å². The molecule has 5 heteroatoms. The van der Waals surface area contributed by atoms with Crippen LogP contribution in [0, 0.1) is 0 Å². The van der Waals surface area contributed by atoms with Gasteiger partial charge in [-0.3, -0.25) is 0 Å². The summed E-state index contributed by atoms with van der Waals surface area (Å²) in [5.74, 6) is 0. The Labute approximate surface area is 81.9 Å². The van der Waals surface area contributed by atoms with Crippen LogP contribution in [0.4, 0.5) is 13.2 Å². The second-order valence-electron chi connectivity index (χ2n) is 2.57. The zero-order chi connectivity index (χ0) is 10.1. The molecule has 13 heavy (non-hydrogen) atoms. The van der Waals surface area contributed by atoms with Gasteiger partial charge in [-0.1, -0.05) is 28.1 Å². The fourth-order valence-corrected chi connectivity index (χ4v) is 1.12. The molecule has 1 aromatic rings. The van der Waals surface area contributed by atoms with E-state index in [0.717, 1.165) is 4.47 Å². The number of halogens is 4. The zero-order valence-electron chi connectivity index (χ0n) is 6.48. The SMILES string of the molecule is NC(c1ccc(Br)cc1)C(F)(F)F. The average molecular weight is 254 g/mol. The molecule has 1 atom stereocenters. The molecule has 1 nitrogen and oxygen atoms in total. The van der Waals surface area contributed by atoms with Crippen molar-refractivity contribution in [2.45, 2.75) is 12.2 Å². The van der Waals surface area contributed by atoms with Gasteiger partial charge in [0.1, 0.15) is 6.04 Å². The van der Waals surface area contributed by atoms with Gasteiger partial charge in [-0.25, -0.2) is 0 Å². The van der Waals surface area contributed by atoms with Gasteiger partial charge in [0.2, 0.25) is 0 Å². The summed E-state index contributed by atoms with van der Waals surface area (Å²) in [4.78, 5) is 0. The summed E-state index contributed by atoms with van der Waals surface area (Å²) in [6, 6.07) is 3.85. The molecule has 72 valence electrons. The third-order valence-electron chi connectivity index (χ3n) is 1.58. The lowest BCUT2D eigenvalue weighted by molar-refractivity contribution is -0.149. The first-order valence-electron chi connectivity index (χ1n) is 3.49. The van der Waals surface area contributed by atoms with E-state index in [1.807, 2.05) is 0 Å². The Morgan fingerprint density at radius 1 is 1.15 bits per heavy atom. The summed E-state index contributed by atoms with van der Waals surface area (Å²) in [5, 5.41) is 0. The fourth-order valence-electron chi connectivity index (χ4n) is 0.859. The van der Waals surface area contributed by atoms with Crippen LogP contribution < -0.4 is 5.73 Å². The summed E-state index contributed by atoms with van der Waals surface area (Å²) in [5.41, 5.74) is 5.05. The molecule has 0 radical (unpaired) electrons. The van der Waals surface area contributed by atoms with E-state index in [1.165, 1.54) is 24.3 Å². The van der Waals surface area contributed by atoms with Crippen molar-refractivity contribution in [3.8, 4) is 0 Å². The fraction of sp³-hybridized carbons (Fsp3) is 0.250. The third-order valence-corrected chi connectivity index (χ3v) is 2.11. The molecular weight excluding hydrogens is 247 g/mol. The molecule has 0 spiro atoms. The lowest BCUT2D eigenvalue weighted by Crippen LogP contribution is -2.28. The van der Waals surface area contributed by atoms with Gasteiger partial charge in [-0.2, -0.15) is 13.2 Å². The molecule has 0 bridgehead atoms. The average Bonchev–Trinajstić information content (AvgIpc) is 2.03. The van der Waals surface area contributed by atoms with Crippen molar-refractivity contribution in [2.75, 3.05) is 0 Å². The number of rotatable bonds is 1. The van der Waals surface area contributed by atoms with Crippen LogP contribution in [0.15, 0.2) is 28.7 Å². The first-order chi connectivity index (χ1) is 5.91. The zero-order valence-corrected chi connectivity index (χ0v) is 8.06. The van der Waals surface area contributed by atoms with Gasteiger partial charge < -0.3 is 5.73 Å². The minimum atomic E-state index is -4.38. The molecule has 1 rings (SSSR count). The highest BCUT2D eigenvalue weighted by Gasteiger charge is 2.37. The van der Waals surface area contributed by atoms with E-state index in [9.17, 15) is 13.2 Å². The van der Waals surface area contributed by atoms with Crippen molar-refractivity contribution >= 4 is 15.9 Å². The monoisotopic (exact) mass is 253 g/mol. The van der Waals surface area contributed by atoms with E-state index in [4.69, 9.17) is 5.73 Å². The second-order valence-corrected chi connectivity index (χ2v) is 3.49. The Morgan fingerprint density at radius 2 is 1.62 bits per heavy atom. The first-order valence-corrected chi connectivity index (χ1v) is 4.28. The quantitative estimate of drug-likeness (QED) is 0.819. The molecule has 0 heterocycles. The summed E-state index contributed by atoms with van der Waals surface area (Å²) >= 11 is 3.12. The molecule has 0 amide bonds. The van der Waals surface area contributed by atoms with Crippen molar-refractivity contribution in [1.29, 1.82) is 0 Å². The van der Waals surface area contributed by atoms with Crippen LogP contribution >= 0.6 is 15.9 Å². The van der Waals surface area contributed by atoms with E-state index in [0.29, 0.717) is 0 Å². The van der Waals surface area contributed by atoms with Gasteiger partial charge in [-0.05, 0) is 17.7 Å². The minimum absolute atomic E-state index is 0.0655. The smallest absolute Gasteiger partial charge is 0.316 e. The van der Waals surface area contributed by atoms with E-state index >= 15 is 0 Å². The molecular formula is C8H7BrF3N. The number of benzene rings is 1. The lowest BCUT2D eigenvalue weighted by atomic mass is 10.1. The first kappa shape index (κ1) is 10.5. The van der Waals surface area contributed by atoms with Crippen molar-refractivity contribution < 1.29 is 13.2 Å². The van der Waals surface area contributed by atoms with Crippen molar-refractivity contribution in [3.63, 3.8) is 0 Å². The maximum atomic E-state index is 12.1. The summed E-state index contributed by atoms with van der Waals surface area (Å²) < 4.78 is 37.0. The van der Waals surface area contributed by atoms with Crippen LogP contribution in [-0.4, -0.2) is 6.18 Å².